The van der Waals surface area contributed by atoms with Crippen LogP contribution in [0.25, 0.3) is 6.08 Å². The average molecular weight is 502 g/mol. The largest absolute Gasteiger partial charge is 0.508 e. The van der Waals surface area contributed by atoms with Crippen LogP contribution < -0.4 is 0 Å². The van der Waals surface area contributed by atoms with Crippen molar-refractivity contribution in [2.75, 3.05) is 7.11 Å². The number of ether oxygens (including phenoxy) is 1. The fraction of sp³-hybridized carbons (Fsp3) is 0.480. The van der Waals surface area contributed by atoms with Crippen LogP contribution in [0.5, 0.6) is 5.75 Å². The number of likely N-dealkylation sites (tertiary alicyclic amines) is 1. The number of carbonyl (C=O) groups excluding carboxylic acids is 3. The van der Waals surface area contributed by atoms with Crippen molar-refractivity contribution in [1.82, 2.24) is 4.90 Å². The van der Waals surface area contributed by atoms with E-state index in [0.29, 0.717) is 35.6 Å². The predicted octanol–water partition coefficient (Wildman–Crippen LogP) is 4.20. The van der Waals surface area contributed by atoms with Crippen molar-refractivity contribution in [2.24, 2.45) is 17.8 Å². The van der Waals surface area contributed by atoms with Gasteiger partial charge in [0.05, 0.1) is 30.1 Å². The number of hydrogen-bond acceptors (Lipinski definition) is 7. The van der Waals surface area contributed by atoms with E-state index in [2.05, 4.69) is 4.74 Å². The van der Waals surface area contributed by atoms with Crippen molar-refractivity contribution >= 4 is 42.7 Å². The number of nitrogens with zero attached hydrogens (tertiary/aromatic N) is 1. The van der Waals surface area contributed by atoms with Crippen molar-refractivity contribution in [3.63, 3.8) is 0 Å². The van der Waals surface area contributed by atoms with Gasteiger partial charge in [0.2, 0.25) is 11.8 Å². The van der Waals surface area contributed by atoms with Crippen LogP contribution in [0.1, 0.15) is 45.1 Å². The Hall–Kier alpha value is -2.62. The summed E-state index contributed by atoms with van der Waals surface area (Å²) in [7, 11) is 0.0677. The molecule has 35 heavy (non-hydrogen) atoms. The van der Waals surface area contributed by atoms with Gasteiger partial charge in [0.15, 0.2) is 0 Å². The molecule has 0 spiro atoms. The number of phenols is 1. The quantitative estimate of drug-likeness (QED) is 0.353. The van der Waals surface area contributed by atoms with Gasteiger partial charge < -0.3 is 19.5 Å². The summed E-state index contributed by atoms with van der Waals surface area (Å²) in [5.74, 6) is -2.70. The van der Waals surface area contributed by atoms with Gasteiger partial charge in [0.25, 0.3) is 0 Å². The molecular weight excluding hydrogens is 473 g/mol. The molecule has 1 aliphatic carbocycles. The molecule has 3 amide bonds. The van der Waals surface area contributed by atoms with Gasteiger partial charge in [-0.25, -0.2) is 4.79 Å². The van der Waals surface area contributed by atoms with Crippen molar-refractivity contribution < 1.29 is 33.9 Å². The van der Waals surface area contributed by atoms with Gasteiger partial charge in [-0.2, -0.15) is 4.90 Å². The lowest BCUT2D eigenvalue weighted by Gasteiger charge is -2.43. The summed E-state index contributed by atoms with van der Waals surface area (Å²) < 4.78 is 10.6. The molecule has 4 atom stereocenters. The fourth-order valence-electron chi connectivity index (χ4n) is 5.70. The highest BCUT2D eigenvalue weighted by Gasteiger charge is 2.58. The molecule has 0 radical (unpaired) electrons. The maximum atomic E-state index is 13.2. The molecule has 8 nitrogen and oxygen atoms in total. The molecule has 1 aromatic carbocycles. The van der Waals surface area contributed by atoms with Gasteiger partial charge in [-0.1, -0.05) is 35.7 Å². The number of fused-ring (bicyclic) bond motifs is 3. The van der Waals surface area contributed by atoms with Gasteiger partial charge in [0.1, 0.15) is 5.75 Å². The monoisotopic (exact) mass is 501 g/mol. The topological polar surface area (TPSA) is 113 Å². The molecule has 2 saturated heterocycles. The third-order valence-corrected chi connectivity index (χ3v) is 7.61. The van der Waals surface area contributed by atoms with Gasteiger partial charge in [-0.15, -0.1) is 0 Å². The summed E-state index contributed by atoms with van der Waals surface area (Å²) in [5.41, 5.74) is 3.84. The Morgan fingerprint density at radius 1 is 1.31 bits per heavy atom. The highest BCUT2D eigenvalue weighted by Crippen LogP contribution is 2.51. The third-order valence-electron chi connectivity index (χ3n) is 7.28. The first-order valence-corrected chi connectivity index (χ1v) is 12.2. The molecule has 186 valence electrons. The van der Waals surface area contributed by atoms with Crippen molar-refractivity contribution in [3.05, 3.63) is 45.5 Å². The molecule has 2 aliphatic heterocycles. The van der Waals surface area contributed by atoms with Crippen LogP contribution >= 0.6 is 11.6 Å². The second-order valence-electron chi connectivity index (χ2n) is 9.39. The zero-order valence-electron chi connectivity index (χ0n) is 20.0. The Morgan fingerprint density at radius 3 is 2.71 bits per heavy atom. The molecule has 2 N–H and O–H groups in total. The van der Waals surface area contributed by atoms with E-state index < -0.39 is 43.0 Å². The number of methoxy groups -OCH3 is 1. The van der Waals surface area contributed by atoms with E-state index in [9.17, 15) is 24.5 Å². The third kappa shape index (κ3) is 4.77. The second kappa shape index (κ2) is 10.2. The van der Waals surface area contributed by atoms with Gasteiger partial charge in [-0.05, 0) is 74.2 Å². The van der Waals surface area contributed by atoms with Gasteiger partial charge in [-0.3, -0.25) is 9.59 Å². The van der Waals surface area contributed by atoms with E-state index >= 15 is 0 Å². The Bertz CT molecular complexity index is 1120. The second-order valence-corrected chi connectivity index (χ2v) is 9.79. The predicted molar refractivity (Wildman–Crippen MR) is 130 cm³/mol. The molecule has 1 aromatic rings. The van der Waals surface area contributed by atoms with Crippen molar-refractivity contribution in [1.29, 1.82) is 0 Å². The number of phenolic OH excluding ortho intramolecular Hbond substituents is 1. The summed E-state index contributed by atoms with van der Waals surface area (Å²) in [5, 5.41) is 20.5. The van der Waals surface area contributed by atoms with Crippen LogP contribution in [-0.4, -0.2) is 53.3 Å². The lowest BCUT2D eigenvalue weighted by atomic mass is 9.58. The normalized spacial score (nSPS) is 26.7. The maximum absolute atomic E-state index is 13.2. The number of rotatable bonds is 5. The van der Waals surface area contributed by atoms with E-state index in [1.165, 1.54) is 6.07 Å². The van der Waals surface area contributed by atoms with E-state index in [0.717, 1.165) is 29.4 Å². The number of hydrogen-bond donors (Lipinski definition) is 2. The van der Waals surface area contributed by atoms with Crippen LogP contribution in [0, 0.1) is 17.8 Å². The minimum atomic E-state index is -1.07. The zero-order chi connectivity index (χ0) is 25.4. The van der Waals surface area contributed by atoms with E-state index in [1.807, 2.05) is 19.9 Å². The van der Waals surface area contributed by atoms with Crippen LogP contribution in [0.3, 0.4) is 0 Å². The molecule has 10 heteroatoms. The molecule has 0 bridgehead atoms. The first-order chi connectivity index (χ1) is 16.7. The maximum Gasteiger partial charge on any atom is 0.455 e. The summed E-state index contributed by atoms with van der Waals surface area (Å²) in [6, 6.07) is 4.80. The van der Waals surface area contributed by atoms with Crippen molar-refractivity contribution in [3.8, 4) is 5.75 Å². The van der Waals surface area contributed by atoms with Crippen LogP contribution in [0.2, 0.25) is 11.3 Å². The van der Waals surface area contributed by atoms with Crippen LogP contribution in [0.15, 0.2) is 34.9 Å². The molecule has 0 saturated carbocycles. The standard InChI is InChI=1S/C25H29BClNO7/c1-4-14-10-17-22(24(31)28(23(17)30)25(32)34-3)18-12-26(33)35-20(21(14)18)8-5-13(2)9-15-6-7-16(29)11-19(15)27/h6-7,9,11,17-18,20,22,29,33H,4-5,8,10,12H2,1-3H3/b13-9+/t17-,18+,20-,22-/m1/s1. The molecule has 3 aliphatic rings. The Balaban J connectivity index is 1.59. The number of carbonyl (C=O) groups is 3. The number of benzene rings is 1. The van der Waals surface area contributed by atoms with Crippen molar-refractivity contribution in [2.45, 2.75) is 52.0 Å². The van der Waals surface area contributed by atoms with Crippen LogP contribution in [0.4, 0.5) is 4.79 Å². The Labute approximate surface area is 209 Å². The molecular formula is C25H29BClNO7. The highest BCUT2D eigenvalue weighted by molar-refractivity contribution is 6.43. The Morgan fingerprint density at radius 2 is 2.06 bits per heavy atom. The average Bonchev–Trinajstić information content (AvgIpc) is 3.07. The number of halogens is 1. The highest BCUT2D eigenvalue weighted by atomic mass is 35.5. The number of imide groups is 3. The summed E-state index contributed by atoms with van der Waals surface area (Å²) >= 11 is 6.23. The number of amides is 3. The number of aromatic hydroxyl groups is 1. The van der Waals surface area contributed by atoms with E-state index in [-0.39, 0.29) is 18.0 Å². The molecule has 2 fully saturated rings. The molecule has 2 heterocycles. The molecule has 4 rings (SSSR count). The fourth-order valence-corrected chi connectivity index (χ4v) is 5.93. The minimum Gasteiger partial charge on any atom is -0.508 e. The zero-order valence-corrected chi connectivity index (χ0v) is 20.7. The van der Waals surface area contributed by atoms with E-state index in [4.69, 9.17) is 16.3 Å². The van der Waals surface area contributed by atoms with Gasteiger partial charge >= 0.3 is 13.2 Å². The lowest BCUT2D eigenvalue weighted by Crippen LogP contribution is -2.46. The smallest absolute Gasteiger partial charge is 0.455 e. The minimum absolute atomic E-state index is 0.0979. The summed E-state index contributed by atoms with van der Waals surface area (Å²) in [4.78, 5) is 38.9. The van der Waals surface area contributed by atoms with E-state index in [1.54, 1.807) is 12.1 Å². The summed E-state index contributed by atoms with van der Waals surface area (Å²) in [6.45, 7) is 3.97. The lowest BCUT2D eigenvalue weighted by molar-refractivity contribution is -0.137. The SMILES string of the molecule is CCC1=C2[C@@H](CC/C(C)=C/c3ccc(O)cc3Cl)OB(O)C[C@@H]2[C@@H]2C(=O)N(C(=O)OC)C(=O)[C@@H]2C1. The number of allylic oxidation sites excluding steroid dienone is 2. The molecule has 0 aromatic heterocycles. The Kier molecular flexibility index (Phi) is 7.40. The summed E-state index contributed by atoms with van der Waals surface area (Å²) in [6.07, 6.45) is 3.06. The molecule has 0 unspecified atom stereocenters. The van der Waals surface area contributed by atoms with Crippen LogP contribution in [-0.2, 0) is 19.0 Å². The first-order valence-electron chi connectivity index (χ1n) is 11.8. The van der Waals surface area contributed by atoms with Gasteiger partial charge in [0, 0.05) is 0 Å². The first kappa shape index (κ1) is 25.5.